The molecule has 0 fully saturated rings. The number of imidazole rings is 1. The normalized spacial score (nSPS) is 13.7. The van der Waals surface area contributed by atoms with Gasteiger partial charge in [-0.25, -0.2) is 4.98 Å². The Morgan fingerprint density at radius 2 is 2.05 bits per heavy atom. The average molecular weight is 306 g/mol. The number of rotatable bonds is 6. The van der Waals surface area contributed by atoms with Gasteiger partial charge >= 0.3 is 5.97 Å². The van der Waals surface area contributed by atoms with Gasteiger partial charge in [0, 0.05) is 19.2 Å². The molecule has 0 aliphatic heterocycles. The third kappa shape index (κ3) is 3.35. The fourth-order valence-electron chi connectivity index (χ4n) is 2.15. The maximum Gasteiger partial charge on any atom is 0.320 e. The minimum absolute atomic E-state index is 0.112. The van der Waals surface area contributed by atoms with Gasteiger partial charge in [0.05, 0.1) is 18.1 Å². The fraction of sp³-hybridized carbons (Fsp3) is 0.286. The Morgan fingerprint density at radius 3 is 2.64 bits per heavy atom. The first kappa shape index (κ1) is 15.8. The van der Waals surface area contributed by atoms with E-state index in [0.717, 1.165) is 0 Å². The van der Waals surface area contributed by atoms with Crippen LogP contribution < -0.4 is 11.5 Å². The maximum atomic E-state index is 10.8. The molecule has 2 atom stereocenters. The molecule has 0 saturated heterocycles. The molecule has 1 unspecified atom stereocenters. The van der Waals surface area contributed by atoms with Crippen molar-refractivity contribution in [3.8, 4) is 11.5 Å². The van der Waals surface area contributed by atoms with Crippen LogP contribution in [0, 0.1) is 0 Å². The van der Waals surface area contributed by atoms with Crippen molar-refractivity contribution in [3.05, 3.63) is 42.0 Å². The van der Waals surface area contributed by atoms with Gasteiger partial charge in [-0.15, -0.1) is 0 Å². The van der Waals surface area contributed by atoms with E-state index < -0.39 is 12.0 Å². The highest BCUT2D eigenvalue weighted by molar-refractivity contribution is 5.73. The number of nitrogens with zero attached hydrogens (tertiary/aromatic N) is 2. The molecule has 7 N–H and O–H groups in total. The quantitative estimate of drug-likeness (QED) is 0.464. The monoisotopic (exact) mass is 306 g/mol. The van der Waals surface area contributed by atoms with Crippen molar-refractivity contribution in [2.45, 2.75) is 18.5 Å². The van der Waals surface area contributed by atoms with Crippen molar-refractivity contribution in [2.24, 2.45) is 11.5 Å². The Kier molecular flexibility index (Phi) is 4.64. The number of aromatic nitrogens is 2. The Hall–Kier alpha value is -2.58. The third-order valence-electron chi connectivity index (χ3n) is 3.37. The SMILES string of the molecule is NCC(c1ccc(O)c(O)c1)n1cnc(C[C@H](N)C(=O)O)c1. The molecule has 0 aliphatic rings. The number of phenolic OH excluding ortho intramolecular Hbond substituents is 2. The Morgan fingerprint density at radius 1 is 1.32 bits per heavy atom. The van der Waals surface area contributed by atoms with E-state index >= 15 is 0 Å². The molecule has 2 aromatic rings. The number of benzene rings is 1. The number of carbonyl (C=O) groups is 1. The summed E-state index contributed by atoms with van der Waals surface area (Å²) < 4.78 is 1.72. The van der Waals surface area contributed by atoms with E-state index in [1.54, 1.807) is 16.8 Å². The molecule has 0 amide bonds. The zero-order chi connectivity index (χ0) is 16.3. The van der Waals surface area contributed by atoms with Gasteiger partial charge in [0.1, 0.15) is 6.04 Å². The van der Waals surface area contributed by atoms with E-state index in [1.165, 1.54) is 18.5 Å². The van der Waals surface area contributed by atoms with Gasteiger partial charge < -0.3 is 31.4 Å². The summed E-state index contributed by atoms with van der Waals surface area (Å²) in [5, 5.41) is 27.7. The van der Waals surface area contributed by atoms with Crippen molar-refractivity contribution < 1.29 is 20.1 Å². The van der Waals surface area contributed by atoms with Crippen LogP contribution in [0.3, 0.4) is 0 Å². The number of hydrogen-bond acceptors (Lipinski definition) is 6. The lowest BCUT2D eigenvalue weighted by atomic mass is 10.1. The molecule has 0 aliphatic carbocycles. The van der Waals surface area contributed by atoms with Gasteiger partial charge in [-0.3, -0.25) is 4.79 Å². The number of phenols is 2. The Bertz CT molecular complexity index is 671. The zero-order valence-electron chi connectivity index (χ0n) is 11.8. The Labute approximate surface area is 126 Å². The second kappa shape index (κ2) is 6.46. The van der Waals surface area contributed by atoms with Crippen LogP contribution in [0.5, 0.6) is 11.5 Å². The number of carboxylic acid groups (broad SMARTS) is 1. The highest BCUT2D eigenvalue weighted by Crippen LogP contribution is 2.29. The van der Waals surface area contributed by atoms with Crippen molar-refractivity contribution in [3.63, 3.8) is 0 Å². The third-order valence-corrected chi connectivity index (χ3v) is 3.37. The molecule has 118 valence electrons. The summed E-state index contributed by atoms with van der Waals surface area (Å²) in [6, 6.07) is 3.14. The van der Waals surface area contributed by atoms with Crippen molar-refractivity contribution in [1.29, 1.82) is 0 Å². The topological polar surface area (TPSA) is 148 Å². The first-order valence-electron chi connectivity index (χ1n) is 6.65. The van der Waals surface area contributed by atoms with E-state index in [4.69, 9.17) is 16.6 Å². The van der Waals surface area contributed by atoms with Crippen LogP contribution in [-0.4, -0.2) is 43.4 Å². The van der Waals surface area contributed by atoms with Crippen LogP contribution in [0.2, 0.25) is 0 Å². The van der Waals surface area contributed by atoms with E-state index in [1.807, 2.05) is 0 Å². The summed E-state index contributed by atoms with van der Waals surface area (Å²) in [6.45, 7) is 0.241. The molecule has 1 aromatic carbocycles. The predicted molar refractivity (Wildman–Crippen MR) is 78.5 cm³/mol. The lowest BCUT2D eigenvalue weighted by Gasteiger charge is -2.17. The molecule has 2 rings (SSSR count). The van der Waals surface area contributed by atoms with Crippen molar-refractivity contribution in [2.75, 3.05) is 6.54 Å². The number of aliphatic carboxylic acids is 1. The largest absolute Gasteiger partial charge is 0.504 e. The van der Waals surface area contributed by atoms with Crippen LogP contribution in [-0.2, 0) is 11.2 Å². The van der Waals surface area contributed by atoms with Gasteiger partial charge in [0.25, 0.3) is 0 Å². The van der Waals surface area contributed by atoms with Crippen LogP contribution in [0.25, 0.3) is 0 Å². The number of hydrogen-bond donors (Lipinski definition) is 5. The second-order valence-corrected chi connectivity index (χ2v) is 4.96. The average Bonchev–Trinajstić information content (AvgIpc) is 2.91. The predicted octanol–water partition coefficient (Wildman–Crippen LogP) is -0.203. The highest BCUT2D eigenvalue weighted by Gasteiger charge is 2.17. The fourth-order valence-corrected chi connectivity index (χ4v) is 2.15. The smallest absolute Gasteiger partial charge is 0.320 e. The summed E-state index contributed by atoms with van der Waals surface area (Å²) in [4.78, 5) is 14.9. The lowest BCUT2D eigenvalue weighted by Crippen LogP contribution is -2.32. The summed E-state index contributed by atoms with van der Waals surface area (Å²) >= 11 is 0. The standard InChI is InChI=1S/C14H18N4O4/c15-5-11(8-1-2-12(19)13(20)3-8)18-6-9(17-7-18)4-10(16)14(21)22/h1-3,6-7,10-11,19-20H,4-5,15-16H2,(H,21,22)/t10-,11?/m0/s1. The first-order valence-corrected chi connectivity index (χ1v) is 6.65. The molecule has 1 heterocycles. The van der Waals surface area contributed by atoms with E-state index in [9.17, 15) is 15.0 Å². The van der Waals surface area contributed by atoms with Crippen molar-refractivity contribution in [1.82, 2.24) is 9.55 Å². The molecular weight excluding hydrogens is 288 g/mol. The van der Waals surface area contributed by atoms with E-state index in [0.29, 0.717) is 11.3 Å². The summed E-state index contributed by atoms with van der Waals surface area (Å²) in [7, 11) is 0. The van der Waals surface area contributed by atoms with Crippen LogP contribution >= 0.6 is 0 Å². The van der Waals surface area contributed by atoms with Gasteiger partial charge in [-0.1, -0.05) is 6.07 Å². The number of aromatic hydroxyl groups is 2. The minimum Gasteiger partial charge on any atom is -0.504 e. The van der Waals surface area contributed by atoms with Crippen molar-refractivity contribution >= 4 is 5.97 Å². The molecule has 8 heteroatoms. The number of carboxylic acids is 1. The summed E-state index contributed by atoms with van der Waals surface area (Å²) in [5.74, 6) is -1.53. The molecule has 1 aromatic heterocycles. The second-order valence-electron chi connectivity index (χ2n) is 4.96. The van der Waals surface area contributed by atoms with Crippen LogP contribution in [0.1, 0.15) is 17.3 Å². The minimum atomic E-state index is -1.09. The van der Waals surface area contributed by atoms with Crippen LogP contribution in [0.15, 0.2) is 30.7 Å². The van der Waals surface area contributed by atoms with Gasteiger partial charge in [0.15, 0.2) is 11.5 Å². The van der Waals surface area contributed by atoms with E-state index in [2.05, 4.69) is 4.98 Å². The Balaban J connectivity index is 2.23. The molecule has 0 spiro atoms. The van der Waals surface area contributed by atoms with Gasteiger partial charge in [-0.2, -0.15) is 0 Å². The van der Waals surface area contributed by atoms with Crippen LogP contribution in [0.4, 0.5) is 0 Å². The number of nitrogens with two attached hydrogens (primary N) is 2. The molecule has 22 heavy (non-hydrogen) atoms. The van der Waals surface area contributed by atoms with Gasteiger partial charge in [0.2, 0.25) is 0 Å². The summed E-state index contributed by atoms with van der Waals surface area (Å²) in [5.41, 5.74) is 12.5. The lowest BCUT2D eigenvalue weighted by molar-refractivity contribution is -0.138. The molecule has 0 bridgehead atoms. The summed E-state index contributed by atoms with van der Waals surface area (Å²) in [6.07, 6.45) is 3.32. The van der Waals surface area contributed by atoms with Gasteiger partial charge in [-0.05, 0) is 17.7 Å². The maximum absolute atomic E-state index is 10.8. The molecule has 8 nitrogen and oxygen atoms in total. The first-order chi connectivity index (χ1) is 10.4. The zero-order valence-corrected chi connectivity index (χ0v) is 11.8. The molecular formula is C14H18N4O4. The highest BCUT2D eigenvalue weighted by atomic mass is 16.4. The van der Waals surface area contributed by atoms with E-state index in [-0.39, 0.29) is 30.5 Å². The molecule has 0 saturated carbocycles. The molecule has 0 radical (unpaired) electrons.